The van der Waals surface area contributed by atoms with E-state index < -0.39 is 0 Å². The Morgan fingerprint density at radius 1 is 1.25 bits per heavy atom. The number of nitrogens with two attached hydrogens (primary N) is 1. The Balaban J connectivity index is 0.00000200. The average Bonchev–Trinajstić information content (AvgIpc) is 2.83. The summed E-state index contributed by atoms with van der Waals surface area (Å²) < 4.78 is 5.09. The zero-order valence-electron chi connectivity index (χ0n) is 11.4. The van der Waals surface area contributed by atoms with Gasteiger partial charge in [0.05, 0.1) is 13.7 Å². The molecule has 2 aromatic rings. The molecular weight excluding hydrogens is 385 g/mol. The third-order valence-electron chi connectivity index (χ3n) is 2.56. The largest absolute Gasteiger partial charge is 0.497 e. The SMILES string of the molecule is COc1ccc(NC(N)=NCc2ccc(C)s2)cc1.I. The molecule has 6 heteroatoms. The van der Waals surface area contributed by atoms with Crippen LogP contribution >= 0.6 is 35.3 Å². The van der Waals surface area contributed by atoms with E-state index in [0.717, 1.165) is 11.4 Å². The summed E-state index contributed by atoms with van der Waals surface area (Å²) in [4.78, 5) is 6.80. The maximum atomic E-state index is 5.84. The number of hydrogen-bond acceptors (Lipinski definition) is 3. The molecule has 0 atom stereocenters. The van der Waals surface area contributed by atoms with Gasteiger partial charge in [-0.25, -0.2) is 4.99 Å². The highest BCUT2D eigenvalue weighted by Gasteiger charge is 1.98. The lowest BCUT2D eigenvalue weighted by atomic mass is 10.3. The molecule has 0 unspecified atom stereocenters. The Labute approximate surface area is 140 Å². The van der Waals surface area contributed by atoms with Crippen molar-refractivity contribution in [2.24, 2.45) is 10.7 Å². The standard InChI is InChI=1S/C14H17N3OS.HI/c1-10-3-8-13(19-10)9-16-14(15)17-11-4-6-12(18-2)7-5-11;/h3-8H,9H2,1-2H3,(H3,15,16,17);1H. The van der Waals surface area contributed by atoms with Crippen molar-refractivity contribution in [2.75, 3.05) is 12.4 Å². The van der Waals surface area contributed by atoms with Gasteiger partial charge < -0.3 is 15.8 Å². The van der Waals surface area contributed by atoms with E-state index >= 15 is 0 Å². The molecule has 3 N–H and O–H groups in total. The molecule has 20 heavy (non-hydrogen) atoms. The Morgan fingerprint density at radius 3 is 2.50 bits per heavy atom. The number of halogens is 1. The summed E-state index contributed by atoms with van der Waals surface area (Å²) in [5.74, 6) is 1.23. The van der Waals surface area contributed by atoms with E-state index in [0.29, 0.717) is 12.5 Å². The molecule has 0 radical (unpaired) electrons. The van der Waals surface area contributed by atoms with Gasteiger partial charge in [0.2, 0.25) is 0 Å². The quantitative estimate of drug-likeness (QED) is 0.466. The summed E-state index contributed by atoms with van der Waals surface area (Å²) >= 11 is 1.73. The van der Waals surface area contributed by atoms with Gasteiger partial charge in [-0.1, -0.05) is 0 Å². The number of thiophene rings is 1. The lowest BCUT2D eigenvalue weighted by Crippen LogP contribution is -2.22. The molecule has 0 aliphatic carbocycles. The van der Waals surface area contributed by atoms with Gasteiger partial charge in [0.15, 0.2) is 5.96 Å². The van der Waals surface area contributed by atoms with E-state index in [-0.39, 0.29) is 24.0 Å². The number of benzene rings is 1. The van der Waals surface area contributed by atoms with Gasteiger partial charge in [-0.15, -0.1) is 35.3 Å². The summed E-state index contributed by atoms with van der Waals surface area (Å²) in [6.07, 6.45) is 0. The van der Waals surface area contributed by atoms with Crippen molar-refractivity contribution in [3.8, 4) is 5.75 Å². The molecular formula is C14H18IN3OS. The van der Waals surface area contributed by atoms with Crippen molar-refractivity contribution in [3.63, 3.8) is 0 Å². The van der Waals surface area contributed by atoms with Crippen molar-refractivity contribution in [3.05, 3.63) is 46.2 Å². The number of aliphatic imine (C=N–C) groups is 1. The first-order valence-electron chi connectivity index (χ1n) is 5.93. The molecule has 2 rings (SSSR count). The maximum absolute atomic E-state index is 5.84. The Morgan fingerprint density at radius 2 is 1.95 bits per heavy atom. The van der Waals surface area contributed by atoms with Crippen LogP contribution in [0.2, 0.25) is 0 Å². The van der Waals surface area contributed by atoms with Crippen LogP contribution in [0.15, 0.2) is 41.4 Å². The zero-order valence-corrected chi connectivity index (χ0v) is 14.6. The fourth-order valence-electron chi connectivity index (χ4n) is 1.59. The summed E-state index contributed by atoms with van der Waals surface area (Å²) in [7, 11) is 1.64. The molecule has 0 saturated heterocycles. The minimum absolute atomic E-state index is 0. The lowest BCUT2D eigenvalue weighted by Gasteiger charge is -2.06. The van der Waals surface area contributed by atoms with E-state index in [1.54, 1.807) is 18.4 Å². The molecule has 0 fully saturated rings. The van der Waals surface area contributed by atoms with E-state index in [2.05, 4.69) is 29.4 Å². The van der Waals surface area contributed by atoms with E-state index in [1.807, 2.05) is 24.3 Å². The summed E-state index contributed by atoms with van der Waals surface area (Å²) in [5, 5.41) is 3.05. The van der Waals surface area contributed by atoms with Crippen LogP contribution in [0.3, 0.4) is 0 Å². The van der Waals surface area contributed by atoms with E-state index in [4.69, 9.17) is 10.5 Å². The summed E-state index contributed by atoms with van der Waals surface area (Å²) in [6, 6.07) is 11.7. The number of anilines is 1. The predicted molar refractivity (Wildman–Crippen MR) is 96.4 cm³/mol. The zero-order chi connectivity index (χ0) is 13.7. The van der Waals surface area contributed by atoms with Crippen LogP contribution in [0.25, 0.3) is 0 Å². The molecule has 0 amide bonds. The van der Waals surface area contributed by atoms with Gasteiger partial charge in [0.1, 0.15) is 5.75 Å². The minimum Gasteiger partial charge on any atom is -0.497 e. The third kappa shape index (κ3) is 5.01. The van der Waals surface area contributed by atoms with Crippen LogP contribution in [0, 0.1) is 6.92 Å². The fraction of sp³-hybridized carbons (Fsp3) is 0.214. The van der Waals surface area contributed by atoms with Crippen molar-refractivity contribution < 1.29 is 4.74 Å². The Bertz CT molecular complexity index is 566. The number of ether oxygens (including phenoxy) is 1. The fourth-order valence-corrected chi connectivity index (χ4v) is 2.41. The first kappa shape index (κ1) is 16.8. The van der Waals surface area contributed by atoms with Gasteiger partial charge in [0, 0.05) is 15.4 Å². The summed E-state index contributed by atoms with van der Waals surface area (Å²) in [5.41, 5.74) is 6.74. The number of rotatable bonds is 4. The molecule has 0 aliphatic heterocycles. The second kappa shape index (κ2) is 8.11. The van der Waals surface area contributed by atoms with Crippen LogP contribution in [-0.4, -0.2) is 13.1 Å². The van der Waals surface area contributed by atoms with Crippen LogP contribution in [0.1, 0.15) is 9.75 Å². The number of aryl methyl sites for hydroxylation is 1. The molecule has 0 spiro atoms. The first-order chi connectivity index (χ1) is 9.17. The first-order valence-corrected chi connectivity index (χ1v) is 6.75. The average molecular weight is 403 g/mol. The highest BCUT2D eigenvalue weighted by atomic mass is 127. The van der Waals surface area contributed by atoms with Gasteiger partial charge in [-0.05, 0) is 43.3 Å². The van der Waals surface area contributed by atoms with Crippen LogP contribution in [0.5, 0.6) is 5.75 Å². The minimum atomic E-state index is 0. The second-order valence-electron chi connectivity index (χ2n) is 4.07. The molecule has 1 heterocycles. The monoisotopic (exact) mass is 403 g/mol. The molecule has 1 aromatic heterocycles. The third-order valence-corrected chi connectivity index (χ3v) is 3.55. The molecule has 4 nitrogen and oxygen atoms in total. The van der Waals surface area contributed by atoms with Crippen molar-refractivity contribution in [2.45, 2.75) is 13.5 Å². The maximum Gasteiger partial charge on any atom is 0.193 e. The summed E-state index contributed by atoms with van der Waals surface area (Å²) in [6.45, 7) is 2.68. The van der Waals surface area contributed by atoms with Crippen molar-refractivity contribution in [1.82, 2.24) is 0 Å². The number of nitrogens with one attached hydrogen (secondary N) is 1. The van der Waals surface area contributed by atoms with Crippen molar-refractivity contribution in [1.29, 1.82) is 0 Å². The topological polar surface area (TPSA) is 59.6 Å². The lowest BCUT2D eigenvalue weighted by molar-refractivity contribution is 0.415. The van der Waals surface area contributed by atoms with E-state index in [9.17, 15) is 0 Å². The normalized spacial score (nSPS) is 10.8. The highest BCUT2D eigenvalue weighted by molar-refractivity contribution is 14.0. The smallest absolute Gasteiger partial charge is 0.193 e. The van der Waals surface area contributed by atoms with Gasteiger partial charge in [0.25, 0.3) is 0 Å². The van der Waals surface area contributed by atoms with Crippen LogP contribution in [-0.2, 0) is 6.54 Å². The number of methoxy groups -OCH3 is 1. The Hall–Kier alpha value is -1.28. The van der Waals surface area contributed by atoms with Crippen LogP contribution in [0.4, 0.5) is 5.69 Å². The predicted octanol–water partition coefficient (Wildman–Crippen LogP) is 3.61. The molecule has 108 valence electrons. The number of nitrogens with zero attached hydrogens (tertiary/aromatic N) is 1. The second-order valence-corrected chi connectivity index (χ2v) is 5.44. The Kier molecular flexibility index (Phi) is 6.80. The molecule has 0 bridgehead atoms. The van der Waals surface area contributed by atoms with Crippen molar-refractivity contribution >= 4 is 47.0 Å². The van der Waals surface area contributed by atoms with E-state index in [1.165, 1.54) is 9.75 Å². The van der Waals surface area contributed by atoms with Gasteiger partial charge in [-0.3, -0.25) is 0 Å². The molecule has 1 aromatic carbocycles. The van der Waals surface area contributed by atoms with Crippen LogP contribution < -0.4 is 15.8 Å². The van der Waals surface area contributed by atoms with Gasteiger partial charge in [-0.2, -0.15) is 0 Å². The number of guanidine groups is 1. The highest BCUT2D eigenvalue weighted by Crippen LogP contribution is 2.16. The molecule has 0 aliphatic rings. The van der Waals surface area contributed by atoms with Gasteiger partial charge >= 0.3 is 0 Å². The molecule has 0 saturated carbocycles. The number of hydrogen-bond donors (Lipinski definition) is 2.